The minimum absolute atomic E-state index is 0.142. The number of ether oxygens (including phenoxy) is 3. The molecule has 10 heteroatoms. The molecule has 1 amide bonds. The fraction of sp³-hybridized carbons (Fsp3) is 0.333. The fourth-order valence-electron chi connectivity index (χ4n) is 3.11. The van der Waals surface area contributed by atoms with Crippen LogP contribution in [0.3, 0.4) is 0 Å². The van der Waals surface area contributed by atoms with Crippen LogP contribution in [0.25, 0.3) is 0 Å². The van der Waals surface area contributed by atoms with E-state index in [1.807, 2.05) is 6.92 Å². The van der Waals surface area contributed by atoms with Crippen LogP contribution >= 0.6 is 0 Å². The van der Waals surface area contributed by atoms with E-state index in [4.69, 9.17) is 14.0 Å². The highest BCUT2D eigenvalue weighted by Crippen LogP contribution is 2.29. The normalized spacial score (nSPS) is 11.4. The molecule has 0 spiro atoms. The van der Waals surface area contributed by atoms with E-state index in [0.717, 1.165) is 16.8 Å². The lowest BCUT2D eigenvalue weighted by molar-refractivity contribution is -0.176. The molecule has 1 heterocycles. The lowest BCUT2D eigenvalue weighted by Crippen LogP contribution is -2.22. The van der Waals surface area contributed by atoms with Crippen LogP contribution < -0.4 is 14.8 Å². The minimum atomic E-state index is -4.35. The quantitative estimate of drug-likeness (QED) is 0.447. The summed E-state index contributed by atoms with van der Waals surface area (Å²) in [7, 11) is 1.49. The van der Waals surface area contributed by atoms with Gasteiger partial charge in [0.2, 0.25) is 0 Å². The molecule has 1 N–H and O–H groups in total. The van der Waals surface area contributed by atoms with Crippen molar-refractivity contribution in [3.05, 3.63) is 76.2 Å². The summed E-state index contributed by atoms with van der Waals surface area (Å²) in [6.07, 6.45) is -4.35. The molecule has 0 saturated carbocycles. The van der Waals surface area contributed by atoms with E-state index in [1.54, 1.807) is 49.4 Å². The van der Waals surface area contributed by atoms with Crippen LogP contribution in [-0.2, 0) is 24.5 Å². The lowest BCUT2D eigenvalue weighted by Gasteiger charge is -2.12. The Hall–Kier alpha value is -3.53. The molecule has 0 aliphatic heterocycles. The second kappa shape index (κ2) is 11.1. The Morgan fingerprint density at radius 3 is 2.35 bits per heavy atom. The van der Waals surface area contributed by atoms with Crippen LogP contribution in [0.4, 0.5) is 13.2 Å². The summed E-state index contributed by atoms with van der Waals surface area (Å²) in [5.41, 5.74) is 3.38. The number of alkyl halides is 3. The van der Waals surface area contributed by atoms with Gasteiger partial charge in [-0.25, -0.2) is 0 Å². The Kier molecular flexibility index (Phi) is 8.17. The average molecular weight is 478 g/mol. The second-order valence-corrected chi connectivity index (χ2v) is 7.56. The number of methoxy groups -OCH3 is 1. The van der Waals surface area contributed by atoms with E-state index >= 15 is 0 Å². The summed E-state index contributed by atoms with van der Waals surface area (Å²) in [5, 5.41) is 6.70. The van der Waals surface area contributed by atoms with E-state index in [0.29, 0.717) is 28.4 Å². The predicted molar refractivity (Wildman–Crippen MR) is 117 cm³/mol. The molecule has 7 nitrogen and oxygen atoms in total. The van der Waals surface area contributed by atoms with Crippen molar-refractivity contribution in [3.8, 4) is 11.5 Å². The van der Waals surface area contributed by atoms with Crippen molar-refractivity contribution in [3.63, 3.8) is 0 Å². The summed E-state index contributed by atoms with van der Waals surface area (Å²) in [6, 6.07) is 11.6. The van der Waals surface area contributed by atoms with Crippen molar-refractivity contribution in [2.75, 3.05) is 13.7 Å². The number of nitrogens with zero attached hydrogens (tertiary/aromatic N) is 1. The second-order valence-electron chi connectivity index (χ2n) is 7.56. The monoisotopic (exact) mass is 478 g/mol. The molecule has 0 aliphatic rings. The molecule has 0 atom stereocenters. The van der Waals surface area contributed by atoms with Crippen molar-refractivity contribution in [2.24, 2.45) is 0 Å². The van der Waals surface area contributed by atoms with E-state index in [9.17, 15) is 18.0 Å². The summed E-state index contributed by atoms with van der Waals surface area (Å²) in [5.74, 6) is 1.24. The molecule has 0 saturated heterocycles. The number of hydrogen-bond acceptors (Lipinski definition) is 6. The van der Waals surface area contributed by atoms with Gasteiger partial charge in [-0.3, -0.25) is 4.79 Å². The fourth-order valence-corrected chi connectivity index (χ4v) is 3.11. The molecule has 2 aromatic carbocycles. The molecule has 182 valence electrons. The molecule has 1 aromatic heterocycles. The van der Waals surface area contributed by atoms with Crippen LogP contribution in [0.2, 0.25) is 0 Å². The van der Waals surface area contributed by atoms with Crippen LogP contribution in [0, 0.1) is 13.8 Å². The molecule has 0 aliphatic carbocycles. The molecular weight excluding hydrogens is 453 g/mol. The zero-order valence-electron chi connectivity index (χ0n) is 19.0. The van der Waals surface area contributed by atoms with Gasteiger partial charge >= 0.3 is 6.18 Å². The van der Waals surface area contributed by atoms with Crippen LogP contribution in [0.1, 0.15) is 38.5 Å². The standard InChI is InChI=1S/C24H25F3N2O5/c1-15-20(16(2)34-29-15)13-33-21-9-8-19(10-22(21)31-3)23(30)28-11-17-4-6-18(7-5-17)12-32-14-24(25,26)27/h4-10H,11-14H2,1-3H3,(H,28,30). The summed E-state index contributed by atoms with van der Waals surface area (Å²) in [6.45, 7) is 2.69. The van der Waals surface area contributed by atoms with Gasteiger partial charge in [-0.15, -0.1) is 0 Å². The summed E-state index contributed by atoms with van der Waals surface area (Å²) < 4.78 is 57.4. The highest BCUT2D eigenvalue weighted by molar-refractivity contribution is 5.94. The van der Waals surface area contributed by atoms with Gasteiger partial charge in [0.15, 0.2) is 11.5 Å². The van der Waals surface area contributed by atoms with E-state index < -0.39 is 12.8 Å². The Morgan fingerprint density at radius 2 is 1.74 bits per heavy atom. The first-order valence-corrected chi connectivity index (χ1v) is 10.4. The van der Waals surface area contributed by atoms with Crippen LogP contribution in [0.5, 0.6) is 11.5 Å². The van der Waals surface area contributed by atoms with Gasteiger partial charge in [0.1, 0.15) is 19.0 Å². The smallest absolute Gasteiger partial charge is 0.411 e. The predicted octanol–water partition coefficient (Wildman–Crippen LogP) is 4.89. The molecule has 0 bridgehead atoms. The third-order valence-corrected chi connectivity index (χ3v) is 4.99. The minimum Gasteiger partial charge on any atom is -0.493 e. The number of rotatable bonds is 10. The summed E-state index contributed by atoms with van der Waals surface area (Å²) in [4.78, 5) is 12.6. The molecule has 34 heavy (non-hydrogen) atoms. The summed E-state index contributed by atoms with van der Waals surface area (Å²) >= 11 is 0. The van der Waals surface area contributed by atoms with Gasteiger partial charge in [0.05, 0.1) is 25.0 Å². The molecule has 0 radical (unpaired) electrons. The third kappa shape index (κ3) is 6.98. The maximum Gasteiger partial charge on any atom is 0.411 e. The van der Waals surface area contributed by atoms with Crippen molar-refractivity contribution < 1.29 is 36.7 Å². The van der Waals surface area contributed by atoms with Gasteiger partial charge in [0, 0.05) is 12.1 Å². The Morgan fingerprint density at radius 1 is 1.03 bits per heavy atom. The average Bonchev–Trinajstić information content (AvgIpc) is 3.13. The number of amides is 1. The number of carbonyl (C=O) groups is 1. The van der Waals surface area contributed by atoms with Gasteiger partial charge in [0.25, 0.3) is 5.91 Å². The maximum atomic E-state index is 12.6. The number of nitrogens with one attached hydrogen (secondary N) is 1. The van der Waals surface area contributed by atoms with Gasteiger partial charge in [-0.1, -0.05) is 29.4 Å². The van der Waals surface area contributed by atoms with E-state index in [-0.39, 0.29) is 25.7 Å². The Balaban J connectivity index is 1.54. The topological polar surface area (TPSA) is 82.8 Å². The highest BCUT2D eigenvalue weighted by atomic mass is 19.4. The van der Waals surface area contributed by atoms with Crippen molar-refractivity contribution in [2.45, 2.75) is 39.8 Å². The SMILES string of the molecule is COc1cc(C(=O)NCc2ccc(COCC(F)(F)F)cc2)ccc1OCc1c(C)noc1C. The molecule has 3 rings (SSSR count). The van der Waals surface area contributed by atoms with Crippen LogP contribution in [-0.4, -0.2) is 31.0 Å². The number of halogens is 3. The first kappa shape index (κ1) is 25.1. The largest absolute Gasteiger partial charge is 0.493 e. The van der Waals surface area contributed by atoms with Crippen LogP contribution in [0.15, 0.2) is 47.0 Å². The maximum absolute atomic E-state index is 12.6. The number of aryl methyl sites for hydroxylation is 2. The number of benzene rings is 2. The first-order valence-electron chi connectivity index (χ1n) is 10.4. The van der Waals surface area contributed by atoms with Gasteiger partial charge in [-0.05, 0) is 43.2 Å². The molecular formula is C24H25F3N2O5. The zero-order valence-corrected chi connectivity index (χ0v) is 19.0. The van der Waals surface area contributed by atoms with Crippen molar-refractivity contribution >= 4 is 5.91 Å². The Labute approximate surface area is 194 Å². The van der Waals surface area contributed by atoms with Crippen molar-refractivity contribution in [1.29, 1.82) is 0 Å². The van der Waals surface area contributed by atoms with Gasteiger partial charge < -0.3 is 24.1 Å². The molecule has 0 fully saturated rings. The lowest BCUT2D eigenvalue weighted by atomic mass is 10.1. The number of hydrogen-bond donors (Lipinski definition) is 1. The van der Waals surface area contributed by atoms with Crippen molar-refractivity contribution in [1.82, 2.24) is 10.5 Å². The number of carbonyl (C=O) groups excluding carboxylic acids is 1. The number of aromatic nitrogens is 1. The Bertz CT molecular complexity index is 1090. The molecule has 0 unspecified atom stereocenters. The third-order valence-electron chi connectivity index (χ3n) is 4.99. The van der Waals surface area contributed by atoms with Gasteiger partial charge in [-0.2, -0.15) is 13.2 Å². The zero-order chi connectivity index (χ0) is 24.7. The van der Waals surface area contributed by atoms with E-state index in [1.165, 1.54) is 7.11 Å². The van der Waals surface area contributed by atoms with E-state index in [2.05, 4.69) is 15.2 Å². The highest BCUT2D eigenvalue weighted by Gasteiger charge is 2.27. The first-order chi connectivity index (χ1) is 16.2. The molecule has 3 aromatic rings.